The normalized spacial score (nSPS) is 10.4. The van der Waals surface area contributed by atoms with E-state index < -0.39 is 5.91 Å². The molecule has 0 aliphatic carbocycles. The molecule has 0 aliphatic heterocycles. The summed E-state index contributed by atoms with van der Waals surface area (Å²) in [5, 5.41) is 16.0. The number of nitrogens with one attached hydrogen (secondary N) is 2. The molecule has 3 N–H and O–H groups in total. The lowest BCUT2D eigenvalue weighted by Crippen LogP contribution is -2.33. The van der Waals surface area contributed by atoms with E-state index in [-0.39, 0.29) is 22.3 Å². The maximum absolute atomic E-state index is 12.4. The summed E-state index contributed by atoms with van der Waals surface area (Å²) in [5.41, 5.74) is 0.893. The number of phenols is 1. The number of aromatic hydroxyl groups is 1. The molecule has 1 heterocycles. The molecule has 3 rings (SSSR count). The monoisotopic (exact) mass is 436 g/mol. The molecule has 28 heavy (non-hydrogen) atoms. The third kappa shape index (κ3) is 4.56. The van der Waals surface area contributed by atoms with Crippen LogP contribution in [-0.2, 0) is 0 Å². The molecule has 9 heteroatoms. The van der Waals surface area contributed by atoms with E-state index in [4.69, 9.17) is 44.6 Å². The van der Waals surface area contributed by atoms with E-state index in [9.17, 15) is 9.90 Å². The van der Waals surface area contributed by atoms with E-state index in [1.54, 1.807) is 36.4 Å². The molecule has 0 atom stereocenters. The number of carbonyl (C=O) groups is 1. The minimum absolute atomic E-state index is 0.0176. The van der Waals surface area contributed by atoms with Crippen LogP contribution in [0.5, 0.6) is 11.5 Å². The van der Waals surface area contributed by atoms with Gasteiger partial charge >= 0.3 is 0 Å². The zero-order valence-electron chi connectivity index (χ0n) is 14.5. The Hall–Kier alpha value is -2.74. The van der Waals surface area contributed by atoms with Crippen molar-refractivity contribution in [3.05, 3.63) is 64.3 Å². The summed E-state index contributed by atoms with van der Waals surface area (Å²) in [4.78, 5) is 12.4. The van der Waals surface area contributed by atoms with Crippen LogP contribution in [0.4, 0.5) is 5.69 Å². The van der Waals surface area contributed by atoms with Gasteiger partial charge in [0.05, 0.1) is 17.8 Å². The number of amides is 1. The summed E-state index contributed by atoms with van der Waals surface area (Å²) in [7, 11) is 1.50. The maximum atomic E-state index is 12.4. The van der Waals surface area contributed by atoms with Crippen molar-refractivity contribution in [2.75, 3.05) is 12.4 Å². The highest BCUT2D eigenvalue weighted by molar-refractivity contribution is 7.80. The second-order valence-corrected chi connectivity index (χ2v) is 6.83. The number of halogens is 2. The molecule has 0 bridgehead atoms. The summed E-state index contributed by atoms with van der Waals surface area (Å²) >= 11 is 17.2. The number of phenolic OH excluding ortho intramolecular Hbond substituents is 1. The predicted molar refractivity (Wildman–Crippen MR) is 113 cm³/mol. The van der Waals surface area contributed by atoms with Crippen LogP contribution in [0.25, 0.3) is 11.3 Å². The number of rotatable bonds is 4. The number of thiocarbonyl (C=S) groups is 1. The third-order valence-corrected chi connectivity index (χ3v) is 4.46. The van der Waals surface area contributed by atoms with Gasteiger partial charge in [-0.25, -0.2) is 0 Å². The molecule has 1 amide bonds. The van der Waals surface area contributed by atoms with E-state index in [0.29, 0.717) is 27.1 Å². The molecule has 0 fully saturated rings. The van der Waals surface area contributed by atoms with E-state index in [1.165, 1.54) is 19.2 Å². The van der Waals surface area contributed by atoms with Gasteiger partial charge in [0.15, 0.2) is 10.9 Å². The van der Waals surface area contributed by atoms with Crippen molar-refractivity contribution in [1.82, 2.24) is 5.32 Å². The van der Waals surface area contributed by atoms with Gasteiger partial charge in [-0.15, -0.1) is 0 Å². The van der Waals surface area contributed by atoms with Crippen LogP contribution >= 0.6 is 35.4 Å². The first-order valence-corrected chi connectivity index (χ1v) is 9.08. The molecule has 0 radical (unpaired) electrons. The standard InChI is InChI=1S/C19H14Cl2N2O4S/c1-26-11-3-5-15(24)14(9-11)22-19(28)23-18(25)17-7-6-16(27-17)12-4-2-10(20)8-13(12)21/h2-9,24H,1H3,(H2,22,23,25,28). The molecule has 144 valence electrons. The number of hydrogen-bond acceptors (Lipinski definition) is 5. The highest BCUT2D eigenvalue weighted by Gasteiger charge is 2.16. The summed E-state index contributed by atoms with van der Waals surface area (Å²) < 4.78 is 10.7. The smallest absolute Gasteiger partial charge is 0.293 e. The molecule has 2 aromatic carbocycles. The van der Waals surface area contributed by atoms with Crippen molar-refractivity contribution >= 4 is 52.1 Å². The van der Waals surface area contributed by atoms with Gasteiger partial charge in [-0.05, 0) is 54.7 Å². The molecule has 1 aromatic heterocycles. The number of furan rings is 1. The van der Waals surface area contributed by atoms with Gasteiger partial charge in [-0.3, -0.25) is 10.1 Å². The highest BCUT2D eigenvalue weighted by Crippen LogP contribution is 2.31. The Morgan fingerprint density at radius 3 is 2.64 bits per heavy atom. The van der Waals surface area contributed by atoms with E-state index >= 15 is 0 Å². The second kappa shape index (κ2) is 8.52. The Kier molecular flexibility index (Phi) is 6.08. The van der Waals surface area contributed by atoms with Crippen molar-refractivity contribution in [3.63, 3.8) is 0 Å². The first-order chi connectivity index (χ1) is 13.4. The molecular weight excluding hydrogens is 423 g/mol. The van der Waals surface area contributed by atoms with Gasteiger partial charge in [0.2, 0.25) is 0 Å². The Bertz CT molecular complexity index is 1050. The van der Waals surface area contributed by atoms with Crippen molar-refractivity contribution in [2.24, 2.45) is 0 Å². The molecule has 0 spiro atoms. The topological polar surface area (TPSA) is 83.7 Å². The lowest BCUT2D eigenvalue weighted by Gasteiger charge is -2.11. The number of anilines is 1. The lowest BCUT2D eigenvalue weighted by molar-refractivity contribution is 0.0951. The summed E-state index contributed by atoms with van der Waals surface area (Å²) in [6.07, 6.45) is 0. The number of ether oxygens (including phenoxy) is 1. The fourth-order valence-corrected chi connectivity index (χ4v) is 3.06. The van der Waals surface area contributed by atoms with Crippen LogP contribution in [0.1, 0.15) is 10.6 Å². The van der Waals surface area contributed by atoms with Crippen molar-refractivity contribution < 1.29 is 19.1 Å². The Morgan fingerprint density at radius 1 is 1.14 bits per heavy atom. The van der Waals surface area contributed by atoms with Gasteiger partial charge in [0, 0.05) is 16.7 Å². The SMILES string of the molecule is COc1ccc(O)c(NC(=S)NC(=O)c2ccc(-c3ccc(Cl)cc3Cl)o2)c1. The average Bonchev–Trinajstić information content (AvgIpc) is 3.13. The number of hydrogen-bond donors (Lipinski definition) is 3. The Labute approximate surface area is 176 Å². The molecule has 0 unspecified atom stereocenters. The van der Waals surface area contributed by atoms with Crippen LogP contribution in [0.2, 0.25) is 10.0 Å². The highest BCUT2D eigenvalue weighted by atomic mass is 35.5. The van der Waals surface area contributed by atoms with Crippen molar-refractivity contribution in [3.8, 4) is 22.8 Å². The fraction of sp³-hybridized carbons (Fsp3) is 0.0526. The van der Waals surface area contributed by atoms with E-state index in [1.807, 2.05) is 0 Å². The maximum Gasteiger partial charge on any atom is 0.293 e. The molecule has 0 aliphatic rings. The molecule has 3 aromatic rings. The van der Waals surface area contributed by atoms with Crippen LogP contribution in [0.15, 0.2) is 52.9 Å². The molecule has 6 nitrogen and oxygen atoms in total. The second-order valence-electron chi connectivity index (χ2n) is 5.58. The lowest BCUT2D eigenvalue weighted by atomic mass is 10.2. The first kappa shape index (κ1) is 20.0. The minimum atomic E-state index is -0.559. The zero-order valence-corrected chi connectivity index (χ0v) is 16.8. The molecule has 0 saturated carbocycles. The van der Waals surface area contributed by atoms with E-state index in [2.05, 4.69) is 10.6 Å². The van der Waals surface area contributed by atoms with Gasteiger partial charge in [0.25, 0.3) is 5.91 Å². The third-order valence-electron chi connectivity index (χ3n) is 3.71. The number of carbonyl (C=O) groups excluding carboxylic acids is 1. The Balaban J connectivity index is 1.70. The fourth-order valence-electron chi connectivity index (χ4n) is 2.35. The van der Waals surface area contributed by atoms with Gasteiger partial charge in [-0.1, -0.05) is 23.2 Å². The largest absolute Gasteiger partial charge is 0.506 e. The molecular formula is C19H14Cl2N2O4S. The van der Waals surface area contributed by atoms with Crippen molar-refractivity contribution in [1.29, 1.82) is 0 Å². The summed E-state index contributed by atoms with van der Waals surface area (Å²) in [6, 6.07) is 12.7. The van der Waals surface area contributed by atoms with Gasteiger partial charge in [0.1, 0.15) is 17.3 Å². The van der Waals surface area contributed by atoms with Crippen LogP contribution < -0.4 is 15.4 Å². The quantitative estimate of drug-likeness (QED) is 0.389. The van der Waals surface area contributed by atoms with Crippen LogP contribution in [-0.4, -0.2) is 23.2 Å². The van der Waals surface area contributed by atoms with Crippen molar-refractivity contribution in [2.45, 2.75) is 0 Å². The van der Waals surface area contributed by atoms with Gasteiger partial charge in [-0.2, -0.15) is 0 Å². The zero-order chi connectivity index (χ0) is 20.3. The Morgan fingerprint density at radius 2 is 1.93 bits per heavy atom. The van der Waals surface area contributed by atoms with E-state index in [0.717, 1.165) is 0 Å². The predicted octanol–water partition coefficient (Wildman–Crippen LogP) is 5.09. The average molecular weight is 437 g/mol. The number of methoxy groups -OCH3 is 1. The minimum Gasteiger partial charge on any atom is -0.506 e. The number of benzene rings is 2. The summed E-state index contributed by atoms with van der Waals surface area (Å²) in [6.45, 7) is 0. The molecule has 0 saturated heterocycles. The first-order valence-electron chi connectivity index (χ1n) is 7.92. The van der Waals surface area contributed by atoms with Gasteiger partial charge < -0.3 is 19.6 Å². The van der Waals surface area contributed by atoms with Crippen LogP contribution in [0, 0.1) is 0 Å². The summed E-state index contributed by atoms with van der Waals surface area (Å²) in [5.74, 6) is 0.368. The van der Waals surface area contributed by atoms with Crippen LogP contribution in [0.3, 0.4) is 0 Å².